The van der Waals surface area contributed by atoms with Gasteiger partial charge in [0.15, 0.2) is 0 Å². The predicted molar refractivity (Wildman–Crippen MR) is 120 cm³/mol. The summed E-state index contributed by atoms with van der Waals surface area (Å²) in [5.41, 5.74) is 5.90. The minimum Gasteiger partial charge on any atom is -0.497 e. The number of rotatable bonds is 3. The highest BCUT2D eigenvalue weighted by molar-refractivity contribution is 5.98. The number of ether oxygens (including phenoxy) is 1. The third-order valence-electron chi connectivity index (χ3n) is 6.10. The van der Waals surface area contributed by atoms with Gasteiger partial charge in [0.1, 0.15) is 5.75 Å². The molecule has 1 amide bonds. The number of aromatic nitrogens is 3. The van der Waals surface area contributed by atoms with Crippen molar-refractivity contribution in [2.45, 2.75) is 19.4 Å². The number of amides is 1. The smallest absolute Gasteiger partial charge is 0.254 e. The van der Waals surface area contributed by atoms with Crippen LogP contribution in [-0.2, 0) is 13.5 Å². The maximum Gasteiger partial charge on any atom is 0.254 e. The van der Waals surface area contributed by atoms with E-state index in [9.17, 15) is 4.79 Å². The van der Waals surface area contributed by atoms with Gasteiger partial charge < -0.3 is 9.64 Å². The molecule has 6 heteroatoms. The van der Waals surface area contributed by atoms with Crippen molar-refractivity contribution in [3.63, 3.8) is 0 Å². The van der Waals surface area contributed by atoms with Crippen LogP contribution in [0.4, 0.5) is 0 Å². The maximum atomic E-state index is 13.4. The highest BCUT2D eigenvalue weighted by atomic mass is 16.5. The molecule has 3 heterocycles. The summed E-state index contributed by atoms with van der Waals surface area (Å²) in [6, 6.07) is 17.5. The average molecular weight is 412 g/mol. The topological polar surface area (TPSA) is 60.2 Å². The summed E-state index contributed by atoms with van der Waals surface area (Å²) in [5, 5.41) is 5.78. The van der Waals surface area contributed by atoms with E-state index >= 15 is 0 Å². The van der Waals surface area contributed by atoms with Crippen LogP contribution in [0, 0.1) is 0 Å². The van der Waals surface area contributed by atoms with E-state index in [-0.39, 0.29) is 11.9 Å². The van der Waals surface area contributed by atoms with Crippen LogP contribution in [0.5, 0.6) is 5.75 Å². The van der Waals surface area contributed by atoms with E-state index in [1.807, 2.05) is 65.2 Å². The van der Waals surface area contributed by atoms with E-state index < -0.39 is 0 Å². The SMILES string of the molecule is COc1cccc(-c2c3c(nn2C)[C@H](C)N(C(=O)c2ccc4ncccc4c2)CC3)c1. The molecule has 31 heavy (non-hydrogen) atoms. The Morgan fingerprint density at radius 1 is 1.13 bits per heavy atom. The van der Waals surface area contributed by atoms with E-state index in [1.165, 1.54) is 5.56 Å². The van der Waals surface area contributed by atoms with Gasteiger partial charge in [-0.3, -0.25) is 14.5 Å². The number of methoxy groups -OCH3 is 1. The number of hydrogen-bond donors (Lipinski definition) is 0. The molecule has 0 radical (unpaired) electrons. The lowest BCUT2D eigenvalue weighted by Gasteiger charge is -2.33. The number of fused-ring (bicyclic) bond motifs is 2. The molecule has 6 nitrogen and oxygen atoms in total. The van der Waals surface area contributed by atoms with Crippen molar-refractivity contribution in [1.82, 2.24) is 19.7 Å². The highest BCUT2D eigenvalue weighted by Crippen LogP contribution is 2.37. The number of benzene rings is 2. The monoisotopic (exact) mass is 412 g/mol. The fraction of sp³-hybridized carbons (Fsp3) is 0.240. The van der Waals surface area contributed by atoms with Crippen LogP contribution in [0.3, 0.4) is 0 Å². The molecule has 1 aliphatic heterocycles. The molecule has 0 N–H and O–H groups in total. The second kappa shape index (κ2) is 7.54. The third-order valence-corrected chi connectivity index (χ3v) is 6.10. The molecular formula is C25H24N4O2. The molecule has 0 saturated heterocycles. The van der Waals surface area contributed by atoms with Crippen molar-refractivity contribution in [2.24, 2.45) is 7.05 Å². The standard InChI is InChI=1S/C25H24N4O2/c1-16-23-21(24(28(2)27-23)18-6-4-8-20(15-18)31-3)11-13-29(16)25(30)19-9-10-22-17(14-19)7-5-12-26-22/h4-10,12,14-16H,11,13H2,1-3H3/t16-/m0/s1. The largest absolute Gasteiger partial charge is 0.497 e. The zero-order valence-electron chi connectivity index (χ0n) is 17.9. The van der Waals surface area contributed by atoms with E-state index in [1.54, 1.807) is 13.3 Å². The summed E-state index contributed by atoms with van der Waals surface area (Å²) in [6.45, 7) is 2.71. The van der Waals surface area contributed by atoms with Crippen molar-refractivity contribution in [2.75, 3.05) is 13.7 Å². The Balaban J connectivity index is 1.49. The maximum absolute atomic E-state index is 13.4. The van der Waals surface area contributed by atoms with Crippen molar-refractivity contribution < 1.29 is 9.53 Å². The Morgan fingerprint density at radius 2 is 2.00 bits per heavy atom. The average Bonchev–Trinajstić information content (AvgIpc) is 3.15. The van der Waals surface area contributed by atoms with E-state index in [4.69, 9.17) is 9.84 Å². The van der Waals surface area contributed by atoms with Crippen LogP contribution in [0.1, 0.15) is 34.6 Å². The number of nitrogens with zero attached hydrogens (tertiary/aromatic N) is 4. The Labute approximate surface area is 181 Å². The van der Waals surface area contributed by atoms with Gasteiger partial charge in [-0.05, 0) is 49.7 Å². The molecule has 5 rings (SSSR count). The molecule has 0 spiro atoms. The van der Waals surface area contributed by atoms with Crippen LogP contribution in [0.15, 0.2) is 60.8 Å². The summed E-state index contributed by atoms with van der Waals surface area (Å²) in [7, 11) is 3.63. The number of aryl methyl sites for hydroxylation is 1. The van der Waals surface area contributed by atoms with Crippen molar-refractivity contribution in [1.29, 1.82) is 0 Å². The lowest BCUT2D eigenvalue weighted by Crippen LogP contribution is -2.38. The number of pyridine rings is 1. The van der Waals surface area contributed by atoms with Gasteiger partial charge >= 0.3 is 0 Å². The Morgan fingerprint density at radius 3 is 2.84 bits per heavy atom. The molecule has 2 aromatic carbocycles. The first-order valence-electron chi connectivity index (χ1n) is 10.4. The van der Waals surface area contributed by atoms with Gasteiger partial charge in [-0.25, -0.2) is 0 Å². The first-order valence-corrected chi connectivity index (χ1v) is 10.4. The molecule has 156 valence electrons. The minimum atomic E-state index is -0.105. The normalized spacial score (nSPS) is 15.7. The van der Waals surface area contributed by atoms with Gasteiger partial charge in [-0.2, -0.15) is 5.10 Å². The zero-order valence-corrected chi connectivity index (χ0v) is 17.9. The zero-order chi connectivity index (χ0) is 21.5. The Kier molecular flexibility index (Phi) is 4.70. The second-order valence-corrected chi connectivity index (χ2v) is 7.90. The molecule has 0 unspecified atom stereocenters. The predicted octanol–water partition coefficient (Wildman–Crippen LogP) is 4.40. The number of carbonyl (C=O) groups is 1. The molecule has 0 aliphatic carbocycles. The molecule has 4 aromatic rings. The number of carbonyl (C=O) groups excluding carboxylic acids is 1. The Bertz CT molecular complexity index is 1290. The van der Waals surface area contributed by atoms with Crippen molar-refractivity contribution >= 4 is 16.8 Å². The summed E-state index contributed by atoms with van der Waals surface area (Å²) >= 11 is 0. The summed E-state index contributed by atoms with van der Waals surface area (Å²) < 4.78 is 7.32. The van der Waals surface area contributed by atoms with Crippen LogP contribution in [0.2, 0.25) is 0 Å². The molecular weight excluding hydrogens is 388 g/mol. The first-order chi connectivity index (χ1) is 15.1. The molecule has 0 fully saturated rings. The minimum absolute atomic E-state index is 0.0255. The van der Waals surface area contributed by atoms with Crippen LogP contribution in [-0.4, -0.2) is 39.2 Å². The third kappa shape index (κ3) is 3.24. The molecule has 2 aromatic heterocycles. The van der Waals surface area contributed by atoms with Gasteiger partial charge in [0.25, 0.3) is 5.91 Å². The van der Waals surface area contributed by atoms with E-state index in [2.05, 4.69) is 18.0 Å². The van der Waals surface area contributed by atoms with Gasteiger partial charge in [0.05, 0.1) is 30.1 Å². The molecule has 0 saturated carbocycles. The summed E-state index contributed by atoms with van der Waals surface area (Å²) in [6.07, 6.45) is 2.53. The first kappa shape index (κ1) is 19.3. The highest BCUT2D eigenvalue weighted by Gasteiger charge is 2.33. The van der Waals surface area contributed by atoms with Crippen LogP contribution in [0.25, 0.3) is 22.2 Å². The fourth-order valence-corrected chi connectivity index (χ4v) is 4.53. The quantitative estimate of drug-likeness (QED) is 0.500. The summed E-state index contributed by atoms with van der Waals surface area (Å²) in [5.74, 6) is 0.844. The lowest BCUT2D eigenvalue weighted by atomic mass is 9.95. The lowest BCUT2D eigenvalue weighted by molar-refractivity contribution is 0.0674. The van der Waals surface area contributed by atoms with Crippen LogP contribution >= 0.6 is 0 Å². The molecule has 1 atom stereocenters. The van der Waals surface area contributed by atoms with Gasteiger partial charge in [-0.1, -0.05) is 18.2 Å². The van der Waals surface area contributed by atoms with Crippen molar-refractivity contribution in [3.8, 4) is 17.0 Å². The van der Waals surface area contributed by atoms with E-state index in [0.29, 0.717) is 12.1 Å². The molecule has 0 bridgehead atoms. The van der Waals surface area contributed by atoms with Crippen molar-refractivity contribution in [3.05, 3.63) is 77.6 Å². The van der Waals surface area contributed by atoms with Gasteiger partial charge in [0.2, 0.25) is 0 Å². The van der Waals surface area contributed by atoms with Crippen LogP contribution < -0.4 is 4.74 Å². The van der Waals surface area contributed by atoms with E-state index in [0.717, 1.165) is 40.0 Å². The van der Waals surface area contributed by atoms with Gasteiger partial charge in [0, 0.05) is 41.9 Å². The fourth-order valence-electron chi connectivity index (χ4n) is 4.53. The van der Waals surface area contributed by atoms with Gasteiger partial charge in [-0.15, -0.1) is 0 Å². The summed E-state index contributed by atoms with van der Waals surface area (Å²) in [4.78, 5) is 19.6. The molecule has 1 aliphatic rings. The Hall–Kier alpha value is -3.67. The second-order valence-electron chi connectivity index (χ2n) is 7.90. The number of hydrogen-bond acceptors (Lipinski definition) is 4.